The van der Waals surface area contributed by atoms with Crippen LogP contribution >= 0.6 is 23.2 Å². The first-order valence-electron chi connectivity index (χ1n) is 10.4. The number of benzene rings is 1. The highest BCUT2D eigenvalue weighted by Crippen LogP contribution is 2.50. The van der Waals surface area contributed by atoms with Crippen molar-refractivity contribution in [2.24, 2.45) is 5.41 Å². The molecule has 0 amide bonds. The van der Waals surface area contributed by atoms with E-state index < -0.39 is 0 Å². The van der Waals surface area contributed by atoms with E-state index in [-0.39, 0.29) is 22.5 Å². The predicted molar refractivity (Wildman–Crippen MR) is 115 cm³/mol. The van der Waals surface area contributed by atoms with Crippen LogP contribution in [-0.2, 0) is 12.8 Å². The number of aromatic nitrogens is 2. The van der Waals surface area contributed by atoms with Crippen molar-refractivity contribution in [3.63, 3.8) is 0 Å². The summed E-state index contributed by atoms with van der Waals surface area (Å²) in [4.78, 5) is 26.0. The van der Waals surface area contributed by atoms with E-state index in [1.807, 2.05) is 6.07 Å². The molecule has 6 nitrogen and oxygen atoms in total. The lowest BCUT2D eigenvalue weighted by Gasteiger charge is -2.58. The van der Waals surface area contributed by atoms with Crippen molar-refractivity contribution >= 4 is 29.0 Å². The fourth-order valence-corrected chi connectivity index (χ4v) is 5.67. The van der Waals surface area contributed by atoms with Gasteiger partial charge in [0, 0.05) is 36.1 Å². The minimum absolute atomic E-state index is 0.123. The zero-order valence-corrected chi connectivity index (χ0v) is 18.1. The van der Waals surface area contributed by atoms with E-state index in [0.29, 0.717) is 22.4 Å². The number of ether oxygens (including phenoxy) is 1. The van der Waals surface area contributed by atoms with Crippen LogP contribution in [0.3, 0.4) is 0 Å². The number of aromatic amines is 1. The Balaban J connectivity index is 1.09. The summed E-state index contributed by atoms with van der Waals surface area (Å²) in [6, 6.07) is 3.69. The largest absolute Gasteiger partial charge is 0.490 e. The molecule has 2 aromatic rings. The summed E-state index contributed by atoms with van der Waals surface area (Å²) in [6.45, 7) is 3.17. The van der Waals surface area contributed by atoms with Gasteiger partial charge in [0.25, 0.3) is 5.56 Å². The van der Waals surface area contributed by atoms with Gasteiger partial charge in [0.2, 0.25) is 0 Å². The molecule has 0 radical (unpaired) electrons. The molecule has 0 bridgehead atoms. The van der Waals surface area contributed by atoms with Crippen LogP contribution in [0.2, 0.25) is 10.0 Å². The molecule has 1 aliphatic heterocycles. The first kappa shape index (κ1) is 20.0. The highest BCUT2D eigenvalue weighted by atomic mass is 35.5. The standard InChI is InChI=1S/C22H23Cl2N3O3/c23-16-4-6-18(15-3-5-17(28)19(15)16)30-14-8-22(9-14)11-27(12-22)7-1-2-13-10-25-26-21(29)20(13)24/h4,6,10,14H,1-3,5,7-9,11-12H2,(H,26,29). The number of fused-ring (bicyclic) bond motifs is 1. The molecular weight excluding hydrogens is 425 g/mol. The number of hydrogen-bond donors (Lipinski definition) is 1. The molecule has 1 aromatic heterocycles. The predicted octanol–water partition coefficient (Wildman–Crippen LogP) is 3.68. The van der Waals surface area contributed by atoms with Gasteiger partial charge in [0.15, 0.2) is 5.78 Å². The van der Waals surface area contributed by atoms with Gasteiger partial charge >= 0.3 is 0 Å². The number of hydrogen-bond acceptors (Lipinski definition) is 5. The number of nitrogens with one attached hydrogen (secondary N) is 1. The van der Waals surface area contributed by atoms with E-state index in [0.717, 1.165) is 68.6 Å². The molecular formula is C22H23Cl2N3O3. The van der Waals surface area contributed by atoms with Crippen molar-refractivity contribution in [3.05, 3.63) is 55.4 Å². The molecule has 1 aromatic carbocycles. The number of ketones is 1. The third-order valence-corrected chi connectivity index (χ3v) is 7.35. The Kier molecular flexibility index (Phi) is 5.12. The number of rotatable bonds is 6. The van der Waals surface area contributed by atoms with E-state index in [1.54, 1.807) is 12.3 Å². The number of nitrogens with zero attached hydrogens (tertiary/aromatic N) is 2. The van der Waals surface area contributed by atoms with Crippen molar-refractivity contribution in [1.82, 2.24) is 15.1 Å². The molecule has 5 rings (SSSR count). The van der Waals surface area contributed by atoms with Crippen LogP contribution in [0.25, 0.3) is 0 Å². The highest BCUT2D eigenvalue weighted by Gasteiger charge is 2.53. The monoisotopic (exact) mass is 447 g/mol. The Morgan fingerprint density at radius 1 is 1.20 bits per heavy atom. The molecule has 2 aliphatic carbocycles. The molecule has 0 atom stereocenters. The smallest absolute Gasteiger partial charge is 0.283 e. The lowest BCUT2D eigenvalue weighted by atomic mass is 9.61. The molecule has 3 aliphatic rings. The normalized spacial score (nSPS) is 20.1. The lowest BCUT2D eigenvalue weighted by Crippen LogP contribution is -2.64. The number of likely N-dealkylation sites (tertiary alicyclic amines) is 1. The van der Waals surface area contributed by atoms with E-state index in [9.17, 15) is 9.59 Å². The highest BCUT2D eigenvalue weighted by molar-refractivity contribution is 6.34. The molecule has 158 valence electrons. The first-order valence-corrected chi connectivity index (χ1v) is 11.2. The molecule has 8 heteroatoms. The van der Waals surface area contributed by atoms with Crippen LogP contribution in [0.15, 0.2) is 23.1 Å². The lowest BCUT2D eigenvalue weighted by molar-refractivity contribution is -0.119. The van der Waals surface area contributed by atoms with Crippen molar-refractivity contribution in [2.45, 2.75) is 44.6 Å². The van der Waals surface area contributed by atoms with Crippen LogP contribution in [0.5, 0.6) is 5.75 Å². The first-order chi connectivity index (χ1) is 14.4. The van der Waals surface area contributed by atoms with Crippen LogP contribution in [0, 0.1) is 5.41 Å². The van der Waals surface area contributed by atoms with Crippen molar-refractivity contribution in [2.75, 3.05) is 19.6 Å². The van der Waals surface area contributed by atoms with E-state index in [4.69, 9.17) is 27.9 Å². The minimum atomic E-state index is -0.326. The van der Waals surface area contributed by atoms with Crippen LogP contribution in [0.4, 0.5) is 0 Å². The zero-order chi connectivity index (χ0) is 20.9. The van der Waals surface area contributed by atoms with E-state index in [1.165, 1.54) is 0 Å². The summed E-state index contributed by atoms with van der Waals surface area (Å²) in [6.07, 6.45) is 6.92. The third kappa shape index (κ3) is 3.55. The number of halogens is 2. The van der Waals surface area contributed by atoms with Crippen molar-refractivity contribution in [1.29, 1.82) is 0 Å². The number of carbonyl (C=O) groups excluding carboxylic acids is 1. The van der Waals surface area contributed by atoms with Gasteiger partial charge in [0.1, 0.15) is 10.8 Å². The van der Waals surface area contributed by atoms with Crippen molar-refractivity contribution < 1.29 is 9.53 Å². The van der Waals surface area contributed by atoms with Gasteiger partial charge < -0.3 is 9.64 Å². The quantitative estimate of drug-likeness (QED) is 0.730. The Labute approximate surface area is 184 Å². The average Bonchev–Trinajstić information content (AvgIpc) is 3.06. The molecule has 2 fully saturated rings. The topological polar surface area (TPSA) is 75.3 Å². The third-order valence-electron chi connectivity index (χ3n) is 6.62. The van der Waals surface area contributed by atoms with E-state index in [2.05, 4.69) is 15.1 Å². The molecule has 2 heterocycles. The molecule has 1 saturated carbocycles. The number of aryl methyl sites for hydroxylation is 1. The fraction of sp³-hybridized carbons (Fsp3) is 0.500. The van der Waals surface area contributed by atoms with Gasteiger partial charge in [-0.15, -0.1) is 0 Å². The van der Waals surface area contributed by atoms with Gasteiger partial charge in [-0.2, -0.15) is 5.10 Å². The summed E-state index contributed by atoms with van der Waals surface area (Å²) in [5, 5.41) is 6.95. The van der Waals surface area contributed by atoms with Gasteiger partial charge in [-0.05, 0) is 56.3 Å². The summed E-state index contributed by atoms with van der Waals surface area (Å²) in [7, 11) is 0. The van der Waals surface area contributed by atoms with Gasteiger partial charge in [-0.1, -0.05) is 23.2 Å². The van der Waals surface area contributed by atoms with Gasteiger partial charge in [0.05, 0.1) is 17.3 Å². The van der Waals surface area contributed by atoms with Gasteiger partial charge in [-0.25, -0.2) is 5.10 Å². The Morgan fingerprint density at radius 3 is 2.80 bits per heavy atom. The van der Waals surface area contributed by atoms with Crippen LogP contribution < -0.4 is 10.3 Å². The summed E-state index contributed by atoms with van der Waals surface area (Å²) >= 11 is 12.2. The molecule has 30 heavy (non-hydrogen) atoms. The second-order valence-electron chi connectivity index (χ2n) is 8.82. The molecule has 1 N–H and O–H groups in total. The van der Waals surface area contributed by atoms with Crippen molar-refractivity contribution in [3.8, 4) is 5.75 Å². The van der Waals surface area contributed by atoms with Crippen LogP contribution in [-0.4, -0.2) is 46.6 Å². The van der Waals surface area contributed by atoms with Gasteiger partial charge in [-0.3, -0.25) is 9.59 Å². The van der Waals surface area contributed by atoms with Crippen LogP contribution in [0.1, 0.15) is 47.2 Å². The number of Topliss-reactive ketones (excluding diaryl/α,β-unsaturated/α-hetero) is 1. The zero-order valence-electron chi connectivity index (χ0n) is 16.5. The maximum absolute atomic E-state index is 12.0. The fourth-order valence-electron chi connectivity index (χ4n) is 5.20. The Morgan fingerprint density at radius 2 is 2.00 bits per heavy atom. The SMILES string of the molecule is O=C1CCc2c(OC3CC4(C3)CN(CCCc3cn[nH]c(=O)c3Cl)C4)ccc(Cl)c21. The molecule has 1 spiro atoms. The Hall–Kier alpha value is -1.89. The summed E-state index contributed by atoms with van der Waals surface area (Å²) in [5.74, 6) is 0.956. The molecule has 1 saturated heterocycles. The molecule has 0 unspecified atom stereocenters. The maximum atomic E-state index is 12.0. The van der Waals surface area contributed by atoms with E-state index >= 15 is 0 Å². The average molecular weight is 448 g/mol. The number of carbonyl (C=O) groups is 1. The second-order valence-corrected chi connectivity index (χ2v) is 9.61. The second kappa shape index (κ2) is 7.66. The summed E-state index contributed by atoms with van der Waals surface area (Å²) in [5.41, 5.74) is 2.50. The minimum Gasteiger partial charge on any atom is -0.490 e. The summed E-state index contributed by atoms with van der Waals surface area (Å²) < 4.78 is 6.24. The Bertz CT molecular complexity index is 1050. The number of H-pyrrole nitrogens is 1. The maximum Gasteiger partial charge on any atom is 0.283 e.